The minimum Gasteiger partial charge on any atom is -0.507 e. The number of nitrogens with zero attached hydrogens (tertiary/aromatic N) is 2. The first-order chi connectivity index (χ1) is 23.4. The first-order valence-corrected chi connectivity index (χ1v) is 17.7. The largest absolute Gasteiger partial charge is 0.507 e. The second-order valence-corrected chi connectivity index (χ2v) is 14.6. The molecule has 2 heterocycles. The van der Waals surface area contributed by atoms with Gasteiger partial charge in [-0.25, -0.2) is 4.98 Å². The molecule has 9 heteroatoms. The quantitative estimate of drug-likeness (QED) is 0.136. The van der Waals surface area contributed by atoms with E-state index in [1.807, 2.05) is 93.9 Å². The third-order valence-electron chi connectivity index (χ3n) is 9.64. The van der Waals surface area contributed by atoms with Gasteiger partial charge in [-0.3, -0.25) is 4.79 Å². The molecule has 256 valence electrons. The van der Waals surface area contributed by atoms with Gasteiger partial charge in [0, 0.05) is 24.4 Å². The molecule has 1 aliphatic rings. The number of imidazole rings is 1. The Labute approximate surface area is 292 Å². The van der Waals surface area contributed by atoms with Crippen LogP contribution in [0.5, 0.6) is 23.0 Å². The lowest BCUT2D eigenvalue weighted by molar-refractivity contribution is -0.136. The lowest BCUT2D eigenvalue weighted by Crippen LogP contribution is -2.42. The van der Waals surface area contributed by atoms with Gasteiger partial charge in [-0.2, -0.15) is 0 Å². The van der Waals surface area contributed by atoms with Crippen LogP contribution in [0.15, 0.2) is 66.7 Å². The summed E-state index contributed by atoms with van der Waals surface area (Å²) in [7, 11) is 1.96. The summed E-state index contributed by atoms with van der Waals surface area (Å²) in [6, 6.07) is 21.7. The molecule has 0 bridgehead atoms. The van der Waals surface area contributed by atoms with Crippen LogP contribution in [0.4, 0.5) is 0 Å². The van der Waals surface area contributed by atoms with Crippen LogP contribution < -0.4 is 14.2 Å². The van der Waals surface area contributed by atoms with Crippen LogP contribution in [-0.2, 0) is 37.0 Å². The summed E-state index contributed by atoms with van der Waals surface area (Å²) in [5.74, 6) is 3.27. The molecule has 8 nitrogen and oxygen atoms in total. The van der Waals surface area contributed by atoms with Crippen molar-refractivity contribution in [1.29, 1.82) is 0 Å². The maximum absolute atomic E-state index is 12.0. The molecule has 1 aromatic heterocycles. The average Bonchev–Trinajstić information content (AvgIpc) is 3.41. The van der Waals surface area contributed by atoms with E-state index in [9.17, 15) is 15.0 Å². The highest BCUT2D eigenvalue weighted by atomic mass is 32.2. The summed E-state index contributed by atoms with van der Waals surface area (Å²) >= 11 is 1.44. The van der Waals surface area contributed by atoms with Gasteiger partial charge < -0.3 is 29.0 Å². The molecule has 6 rings (SSSR count). The summed E-state index contributed by atoms with van der Waals surface area (Å²) in [4.78, 5) is 16.7. The number of phenolic OH excluding ortho intramolecular Hbond substituents is 1. The Morgan fingerprint density at radius 2 is 1.65 bits per heavy atom. The van der Waals surface area contributed by atoms with E-state index >= 15 is 0 Å². The Kier molecular flexibility index (Phi) is 9.84. The zero-order valence-corrected chi connectivity index (χ0v) is 29.8. The molecule has 2 N–H and O–H groups in total. The van der Waals surface area contributed by atoms with Gasteiger partial charge in [0.25, 0.3) is 0 Å². The van der Waals surface area contributed by atoms with Gasteiger partial charge in [-0.15, -0.1) is 11.8 Å². The molecule has 0 saturated carbocycles. The van der Waals surface area contributed by atoms with E-state index in [1.54, 1.807) is 0 Å². The molecular weight excluding hydrogens is 637 g/mol. The van der Waals surface area contributed by atoms with Crippen LogP contribution >= 0.6 is 11.8 Å². The third kappa shape index (κ3) is 7.52. The second kappa shape index (κ2) is 14.1. The van der Waals surface area contributed by atoms with Gasteiger partial charge in [0.05, 0.1) is 11.0 Å². The number of carbonyl (C=O) groups is 1. The summed E-state index contributed by atoms with van der Waals surface area (Å²) in [5.41, 5.74) is 8.34. The number of hydrogen-bond donors (Lipinski definition) is 2. The maximum Gasteiger partial charge on any atom is 0.316 e. The van der Waals surface area contributed by atoms with E-state index in [1.165, 1.54) is 17.3 Å². The number of hydrogen-bond acceptors (Lipinski definition) is 7. The number of ether oxygens (including phenoxy) is 3. The van der Waals surface area contributed by atoms with Gasteiger partial charge in [-0.1, -0.05) is 42.0 Å². The SMILES string of the molecule is Cc1ccc(CSC(Cc2ccc(OCc3nc4ccc(OCC5(C)CCc6c(C)c(O)c(C)c(C)c6O5)cc4n3C)cc2)C(=O)O)cc1. The lowest BCUT2D eigenvalue weighted by atomic mass is 9.87. The molecule has 0 amide bonds. The van der Waals surface area contributed by atoms with Crippen LogP contribution in [-0.4, -0.2) is 43.2 Å². The van der Waals surface area contributed by atoms with Crippen LogP contribution in [0, 0.1) is 27.7 Å². The van der Waals surface area contributed by atoms with E-state index < -0.39 is 16.8 Å². The summed E-state index contributed by atoms with van der Waals surface area (Å²) in [6.45, 7) is 10.7. The lowest BCUT2D eigenvalue weighted by Gasteiger charge is -2.37. The molecule has 0 radical (unpaired) electrons. The highest BCUT2D eigenvalue weighted by molar-refractivity contribution is 7.99. The number of thioether (sulfide) groups is 1. The normalized spacial score (nSPS) is 16.2. The number of aromatic nitrogens is 2. The Balaban J connectivity index is 1.05. The highest BCUT2D eigenvalue weighted by Gasteiger charge is 2.35. The Morgan fingerprint density at radius 1 is 0.959 bits per heavy atom. The molecule has 4 aromatic carbocycles. The van der Waals surface area contributed by atoms with Crippen molar-refractivity contribution in [3.05, 3.63) is 111 Å². The fourth-order valence-corrected chi connectivity index (χ4v) is 7.29. The second-order valence-electron chi connectivity index (χ2n) is 13.4. The number of aryl methyl sites for hydroxylation is 2. The molecule has 0 aliphatic carbocycles. The van der Waals surface area contributed by atoms with Crippen molar-refractivity contribution in [2.75, 3.05) is 6.61 Å². The molecule has 5 aromatic rings. The van der Waals surface area contributed by atoms with Crippen molar-refractivity contribution >= 4 is 28.8 Å². The topological polar surface area (TPSA) is 103 Å². The maximum atomic E-state index is 12.0. The number of aromatic hydroxyl groups is 1. The molecule has 2 atom stereocenters. The third-order valence-corrected chi connectivity index (χ3v) is 10.9. The van der Waals surface area contributed by atoms with Crippen LogP contribution in [0.2, 0.25) is 0 Å². The number of carboxylic acids is 1. The van der Waals surface area contributed by atoms with Crippen molar-refractivity contribution < 1.29 is 29.2 Å². The summed E-state index contributed by atoms with van der Waals surface area (Å²) in [6.07, 6.45) is 2.04. The van der Waals surface area contributed by atoms with Crippen molar-refractivity contribution in [3.63, 3.8) is 0 Å². The molecular formula is C40H44N2O6S. The number of aliphatic carboxylic acids is 1. The number of phenols is 1. The van der Waals surface area contributed by atoms with Crippen molar-refractivity contribution in [2.45, 2.75) is 77.1 Å². The zero-order valence-electron chi connectivity index (χ0n) is 29.0. The monoisotopic (exact) mass is 680 g/mol. The first kappa shape index (κ1) is 34.2. The summed E-state index contributed by atoms with van der Waals surface area (Å²) in [5, 5.41) is 19.8. The Bertz CT molecular complexity index is 1990. The predicted molar refractivity (Wildman–Crippen MR) is 194 cm³/mol. The van der Waals surface area contributed by atoms with Crippen LogP contribution in [0.3, 0.4) is 0 Å². The van der Waals surface area contributed by atoms with Gasteiger partial charge >= 0.3 is 5.97 Å². The zero-order chi connectivity index (χ0) is 34.9. The minimum absolute atomic E-state index is 0.282. The van der Waals surface area contributed by atoms with Crippen LogP contribution in [0.25, 0.3) is 11.0 Å². The fraction of sp³-hybridized carbons (Fsp3) is 0.350. The van der Waals surface area contributed by atoms with Crippen molar-refractivity contribution in [3.8, 4) is 23.0 Å². The van der Waals surface area contributed by atoms with Crippen LogP contribution in [0.1, 0.15) is 58.1 Å². The molecule has 49 heavy (non-hydrogen) atoms. The van der Waals surface area contributed by atoms with Gasteiger partial charge in [0.15, 0.2) is 0 Å². The predicted octanol–water partition coefficient (Wildman–Crippen LogP) is 8.18. The molecule has 0 fully saturated rings. The van der Waals surface area contributed by atoms with E-state index in [2.05, 4.69) is 19.1 Å². The minimum atomic E-state index is -0.808. The van der Waals surface area contributed by atoms with Crippen molar-refractivity contribution in [1.82, 2.24) is 9.55 Å². The molecule has 0 saturated heterocycles. The van der Waals surface area contributed by atoms with Gasteiger partial charge in [-0.05, 0) is 106 Å². The first-order valence-electron chi connectivity index (χ1n) is 16.6. The number of benzene rings is 4. The number of rotatable bonds is 12. The highest BCUT2D eigenvalue weighted by Crippen LogP contribution is 2.43. The van der Waals surface area contributed by atoms with E-state index in [-0.39, 0.29) is 6.61 Å². The smallest absolute Gasteiger partial charge is 0.316 e. The molecule has 0 spiro atoms. The molecule has 1 aliphatic heterocycles. The Hall–Kier alpha value is -4.63. The fourth-order valence-electron chi connectivity index (χ4n) is 6.25. The number of carboxylic acid groups (broad SMARTS) is 1. The van der Waals surface area contributed by atoms with E-state index in [0.717, 1.165) is 74.6 Å². The van der Waals surface area contributed by atoms with Gasteiger partial charge in [0.2, 0.25) is 0 Å². The molecule has 2 unspecified atom stereocenters. The van der Waals surface area contributed by atoms with E-state index in [4.69, 9.17) is 19.2 Å². The standard InChI is InChI=1S/C40H44N2O6S/c1-24-7-9-29(10-8-24)22-49-35(39(44)45)19-28-11-13-30(14-12-28)46-21-36-41-33-16-15-31(20-34(33)42(36)6)47-23-40(5)18-17-32-27(4)37(43)25(2)26(3)38(32)48-40/h7-16,20,35,43H,17-19,21-23H2,1-6H3,(H,44,45). The van der Waals surface area contributed by atoms with Crippen molar-refractivity contribution in [2.24, 2.45) is 7.05 Å². The summed E-state index contributed by atoms with van der Waals surface area (Å²) < 4.78 is 20.9. The average molecular weight is 681 g/mol. The Morgan fingerprint density at radius 3 is 2.37 bits per heavy atom. The van der Waals surface area contributed by atoms with Gasteiger partial charge in [0.1, 0.15) is 52.9 Å². The van der Waals surface area contributed by atoms with E-state index in [0.29, 0.717) is 30.3 Å². The number of fused-ring (bicyclic) bond motifs is 2.